The Hall–Kier alpha value is -0.130. The van der Waals surface area contributed by atoms with E-state index in [4.69, 9.17) is 0 Å². The Balaban J connectivity index is 1.76. The number of rotatable bonds is 2. The molecular formula is C14H26N2O2S. The average molecular weight is 286 g/mol. The predicted octanol–water partition coefficient (Wildman–Crippen LogP) is 1.82. The molecule has 0 amide bonds. The minimum absolute atomic E-state index is 0.100. The minimum Gasteiger partial charge on any atom is -0.297 e. The zero-order valence-electron chi connectivity index (χ0n) is 11.9. The van der Waals surface area contributed by atoms with Crippen LogP contribution in [0.5, 0.6) is 0 Å². The van der Waals surface area contributed by atoms with Crippen molar-refractivity contribution in [2.24, 2.45) is 0 Å². The maximum atomic E-state index is 12.8. The summed E-state index contributed by atoms with van der Waals surface area (Å²) in [5, 5.41) is -0.100. The van der Waals surface area contributed by atoms with Gasteiger partial charge in [-0.1, -0.05) is 19.3 Å². The summed E-state index contributed by atoms with van der Waals surface area (Å²) in [4.78, 5) is 2.48. The van der Waals surface area contributed by atoms with Gasteiger partial charge in [0.2, 0.25) is 10.0 Å². The maximum Gasteiger partial charge on any atom is 0.217 e. The molecule has 110 valence electrons. The first kappa shape index (κ1) is 13.8. The van der Waals surface area contributed by atoms with Gasteiger partial charge in [-0.2, -0.15) is 4.31 Å². The Labute approximate surface area is 117 Å². The lowest BCUT2D eigenvalue weighted by Gasteiger charge is -2.43. The van der Waals surface area contributed by atoms with Crippen molar-refractivity contribution >= 4 is 10.0 Å². The molecule has 0 unspecified atom stereocenters. The Morgan fingerprint density at radius 1 is 0.947 bits per heavy atom. The molecule has 2 aliphatic heterocycles. The molecule has 3 aliphatic rings. The van der Waals surface area contributed by atoms with Crippen molar-refractivity contribution in [3.8, 4) is 0 Å². The van der Waals surface area contributed by atoms with E-state index in [-0.39, 0.29) is 11.3 Å². The molecule has 2 saturated heterocycles. The van der Waals surface area contributed by atoms with Crippen molar-refractivity contribution < 1.29 is 8.42 Å². The molecule has 19 heavy (non-hydrogen) atoms. The molecule has 2 heterocycles. The quantitative estimate of drug-likeness (QED) is 0.777. The molecule has 3 fully saturated rings. The van der Waals surface area contributed by atoms with Crippen LogP contribution in [0.2, 0.25) is 0 Å². The highest BCUT2D eigenvalue weighted by molar-refractivity contribution is 7.89. The second kappa shape index (κ2) is 5.34. The minimum atomic E-state index is -3.07. The molecule has 0 spiro atoms. The van der Waals surface area contributed by atoms with Crippen molar-refractivity contribution in [2.45, 2.75) is 69.2 Å². The van der Waals surface area contributed by atoms with E-state index < -0.39 is 10.0 Å². The molecule has 4 nitrogen and oxygen atoms in total. The molecular weight excluding hydrogens is 260 g/mol. The van der Waals surface area contributed by atoms with Crippen LogP contribution in [0.15, 0.2) is 0 Å². The summed E-state index contributed by atoms with van der Waals surface area (Å²) in [5.74, 6) is 0. The van der Waals surface area contributed by atoms with Crippen LogP contribution in [-0.4, -0.2) is 54.6 Å². The van der Waals surface area contributed by atoms with E-state index in [9.17, 15) is 8.42 Å². The number of sulfonamides is 1. The third kappa shape index (κ3) is 2.57. The summed E-state index contributed by atoms with van der Waals surface area (Å²) in [6, 6.07) is 0.635. The normalized spacial score (nSPS) is 35.4. The molecule has 1 saturated carbocycles. The second-order valence-corrected chi connectivity index (χ2v) is 8.68. The lowest BCUT2D eigenvalue weighted by Crippen LogP contribution is -2.58. The summed E-state index contributed by atoms with van der Waals surface area (Å²) >= 11 is 0. The SMILES string of the molecule is C[C@@H]1CN2CCC[C@H]2CN1S(=O)(=O)C1CCCCC1. The Morgan fingerprint density at radius 3 is 2.42 bits per heavy atom. The first-order chi connectivity index (χ1) is 9.09. The van der Waals surface area contributed by atoms with Gasteiger partial charge in [-0.3, -0.25) is 4.90 Å². The van der Waals surface area contributed by atoms with E-state index in [0.29, 0.717) is 6.04 Å². The van der Waals surface area contributed by atoms with Gasteiger partial charge in [0.15, 0.2) is 0 Å². The standard InChI is InChI=1S/C14H26N2O2S/c1-12-10-15-9-5-6-13(15)11-16(12)19(17,18)14-7-3-2-4-8-14/h12-14H,2-11H2,1H3/t12-,13+/m1/s1. The van der Waals surface area contributed by atoms with Crippen LogP contribution in [0.25, 0.3) is 0 Å². The van der Waals surface area contributed by atoms with Gasteiger partial charge < -0.3 is 0 Å². The average Bonchev–Trinajstić information content (AvgIpc) is 2.85. The van der Waals surface area contributed by atoms with E-state index in [0.717, 1.165) is 45.3 Å². The van der Waals surface area contributed by atoms with Gasteiger partial charge in [-0.25, -0.2) is 8.42 Å². The van der Waals surface area contributed by atoms with Gasteiger partial charge in [0, 0.05) is 25.2 Å². The molecule has 3 rings (SSSR count). The summed E-state index contributed by atoms with van der Waals surface area (Å²) in [7, 11) is -3.07. The fraction of sp³-hybridized carbons (Fsp3) is 1.00. The monoisotopic (exact) mass is 286 g/mol. The first-order valence-electron chi connectivity index (χ1n) is 7.84. The van der Waals surface area contributed by atoms with E-state index in [1.54, 1.807) is 0 Å². The molecule has 5 heteroatoms. The van der Waals surface area contributed by atoms with Gasteiger partial charge >= 0.3 is 0 Å². The molecule has 1 aliphatic carbocycles. The van der Waals surface area contributed by atoms with E-state index >= 15 is 0 Å². The number of hydrogen-bond donors (Lipinski definition) is 0. The summed E-state index contributed by atoms with van der Waals surface area (Å²) < 4.78 is 27.5. The van der Waals surface area contributed by atoms with Gasteiger partial charge in [0.05, 0.1) is 5.25 Å². The lowest BCUT2D eigenvalue weighted by molar-refractivity contribution is 0.115. The second-order valence-electron chi connectivity index (χ2n) is 6.51. The van der Waals surface area contributed by atoms with E-state index in [1.165, 1.54) is 19.3 Å². The Kier molecular flexibility index (Phi) is 3.89. The van der Waals surface area contributed by atoms with Crippen LogP contribution in [0, 0.1) is 0 Å². The van der Waals surface area contributed by atoms with Crippen LogP contribution >= 0.6 is 0 Å². The highest BCUT2D eigenvalue weighted by Crippen LogP contribution is 2.31. The van der Waals surface area contributed by atoms with Crippen LogP contribution < -0.4 is 0 Å². The Bertz CT molecular complexity index is 417. The van der Waals surface area contributed by atoms with Crippen molar-refractivity contribution in [3.63, 3.8) is 0 Å². The smallest absolute Gasteiger partial charge is 0.217 e. The van der Waals surface area contributed by atoms with Crippen molar-refractivity contribution in [3.05, 3.63) is 0 Å². The number of fused-ring (bicyclic) bond motifs is 1. The van der Waals surface area contributed by atoms with Crippen LogP contribution in [0.1, 0.15) is 51.9 Å². The van der Waals surface area contributed by atoms with Crippen molar-refractivity contribution in [1.29, 1.82) is 0 Å². The fourth-order valence-corrected chi connectivity index (χ4v) is 6.33. The topological polar surface area (TPSA) is 40.6 Å². The molecule has 0 aromatic rings. The molecule has 0 aromatic carbocycles. The van der Waals surface area contributed by atoms with Crippen molar-refractivity contribution in [2.75, 3.05) is 19.6 Å². The van der Waals surface area contributed by atoms with Crippen LogP contribution in [0.4, 0.5) is 0 Å². The maximum absolute atomic E-state index is 12.8. The third-order valence-corrected chi connectivity index (χ3v) is 7.66. The molecule has 0 N–H and O–H groups in total. The fourth-order valence-electron chi connectivity index (χ4n) is 4.07. The summed E-state index contributed by atoms with van der Waals surface area (Å²) in [6.07, 6.45) is 7.53. The Morgan fingerprint density at radius 2 is 1.68 bits per heavy atom. The molecule has 2 atom stereocenters. The highest BCUT2D eigenvalue weighted by Gasteiger charge is 2.42. The van der Waals surface area contributed by atoms with Gasteiger partial charge in [-0.15, -0.1) is 0 Å². The van der Waals surface area contributed by atoms with Gasteiger partial charge in [-0.05, 0) is 39.2 Å². The highest BCUT2D eigenvalue weighted by atomic mass is 32.2. The van der Waals surface area contributed by atoms with Crippen LogP contribution in [-0.2, 0) is 10.0 Å². The van der Waals surface area contributed by atoms with Crippen molar-refractivity contribution in [1.82, 2.24) is 9.21 Å². The largest absolute Gasteiger partial charge is 0.297 e. The van der Waals surface area contributed by atoms with E-state index in [1.807, 2.05) is 4.31 Å². The summed E-state index contributed by atoms with van der Waals surface area (Å²) in [5.41, 5.74) is 0. The number of piperazine rings is 1. The zero-order chi connectivity index (χ0) is 13.5. The molecule has 0 aromatic heterocycles. The molecule has 0 bridgehead atoms. The third-order valence-electron chi connectivity index (χ3n) is 5.18. The lowest BCUT2D eigenvalue weighted by atomic mass is 10.0. The van der Waals surface area contributed by atoms with Gasteiger partial charge in [0.25, 0.3) is 0 Å². The van der Waals surface area contributed by atoms with Crippen LogP contribution in [0.3, 0.4) is 0 Å². The number of nitrogens with zero attached hydrogens (tertiary/aromatic N) is 2. The van der Waals surface area contributed by atoms with E-state index in [2.05, 4.69) is 11.8 Å². The first-order valence-corrected chi connectivity index (χ1v) is 9.34. The zero-order valence-corrected chi connectivity index (χ0v) is 12.7. The molecule has 0 radical (unpaired) electrons. The van der Waals surface area contributed by atoms with Gasteiger partial charge in [0.1, 0.15) is 0 Å². The predicted molar refractivity (Wildman–Crippen MR) is 76.6 cm³/mol. The number of hydrogen-bond acceptors (Lipinski definition) is 3. The summed E-state index contributed by atoms with van der Waals surface area (Å²) in [6.45, 7) is 4.90.